The number of sulfonamides is 1. The first-order chi connectivity index (χ1) is 9.33. The molecule has 2 aromatic rings. The van der Waals surface area contributed by atoms with Crippen LogP contribution < -0.4 is 16.2 Å². The molecule has 0 aliphatic rings. The Balaban J connectivity index is 2.22. The van der Waals surface area contributed by atoms with E-state index in [9.17, 15) is 8.42 Å². The zero-order chi connectivity index (χ0) is 14.8. The molecule has 0 amide bonds. The van der Waals surface area contributed by atoms with Gasteiger partial charge >= 0.3 is 0 Å². The molecule has 5 N–H and O–H groups in total. The van der Waals surface area contributed by atoms with Crippen LogP contribution in [0.2, 0.25) is 0 Å². The third kappa shape index (κ3) is 3.93. The average Bonchev–Trinajstić information content (AvgIpc) is 2.75. The van der Waals surface area contributed by atoms with Crippen molar-refractivity contribution in [3.05, 3.63) is 29.6 Å². The van der Waals surface area contributed by atoms with Crippen LogP contribution in [0.25, 0.3) is 11.3 Å². The van der Waals surface area contributed by atoms with Crippen molar-refractivity contribution >= 4 is 38.1 Å². The fourth-order valence-corrected chi connectivity index (χ4v) is 2.76. The minimum Gasteiger partial charge on any atom is -0.370 e. The Morgan fingerprint density at radius 1 is 1.30 bits per heavy atom. The Labute approximate surface area is 120 Å². The van der Waals surface area contributed by atoms with E-state index >= 15 is 0 Å². The molecule has 0 aliphatic carbocycles. The van der Waals surface area contributed by atoms with Gasteiger partial charge in [0.2, 0.25) is 15.2 Å². The van der Waals surface area contributed by atoms with Crippen LogP contribution in [0.5, 0.6) is 0 Å². The largest absolute Gasteiger partial charge is 0.370 e. The second-order valence-electron chi connectivity index (χ2n) is 4.00. The Bertz CT molecular complexity index is 730. The van der Waals surface area contributed by atoms with E-state index in [-0.39, 0.29) is 5.96 Å². The highest BCUT2D eigenvalue weighted by molar-refractivity contribution is 7.92. The van der Waals surface area contributed by atoms with Gasteiger partial charge < -0.3 is 11.5 Å². The van der Waals surface area contributed by atoms with Crippen molar-refractivity contribution in [3.8, 4) is 11.3 Å². The van der Waals surface area contributed by atoms with E-state index in [0.717, 1.165) is 17.5 Å². The van der Waals surface area contributed by atoms with E-state index in [1.54, 1.807) is 24.3 Å². The molecule has 0 radical (unpaired) electrons. The van der Waals surface area contributed by atoms with Gasteiger partial charge in [-0.05, 0) is 12.1 Å². The number of hydrogen-bond acceptors (Lipinski definition) is 5. The predicted molar refractivity (Wildman–Crippen MR) is 81.5 cm³/mol. The Kier molecular flexibility index (Phi) is 3.91. The van der Waals surface area contributed by atoms with E-state index in [0.29, 0.717) is 10.8 Å². The molecule has 1 heterocycles. The molecule has 20 heavy (non-hydrogen) atoms. The smallest absolute Gasteiger partial charge is 0.229 e. The van der Waals surface area contributed by atoms with Gasteiger partial charge in [0.05, 0.1) is 11.9 Å². The molecule has 0 unspecified atom stereocenters. The van der Waals surface area contributed by atoms with Crippen LogP contribution in [0.1, 0.15) is 0 Å². The number of hydrogen-bond donors (Lipinski definition) is 3. The molecule has 106 valence electrons. The molecule has 0 fully saturated rings. The summed E-state index contributed by atoms with van der Waals surface area (Å²) in [6, 6.07) is 6.86. The van der Waals surface area contributed by atoms with Gasteiger partial charge in [0.15, 0.2) is 5.96 Å². The normalized spacial score (nSPS) is 11.1. The Morgan fingerprint density at radius 2 is 1.95 bits per heavy atom. The van der Waals surface area contributed by atoms with Crippen molar-refractivity contribution in [1.82, 2.24) is 4.98 Å². The molecule has 1 aromatic heterocycles. The fourth-order valence-electron chi connectivity index (χ4n) is 1.48. The molecule has 0 bridgehead atoms. The van der Waals surface area contributed by atoms with Gasteiger partial charge in [-0.15, -0.1) is 11.3 Å². The maximum absolute atomic E-state index is 11.1. The van der Waals surface area contributed by atoms with Crippen LogP contribution >= 0.6 is 11.3 Å². The van der Waals surface area contributed by atoms with Gasteiger partial charge in [0, 0.05) is 16.6 Å². The van der Waals surface area contributed by atoms with E-state index in [1.165, 1.54) is 11.3 Å². The number of aromatic nitrogens is 1. The lowest BCUT2D eigenvalue weighted by molar-refractivity contribution is 0.607. The first-order valence-corrected chi connectivity index (χ1v) is 8.24. The summed E-state index contributed by atoms with van der Waals surface area (Å²) in [5, 5.41) is 2.29. The van der Waals surface area contributed by atoms with Crippen molar-refractivity contribution in [3.63, 3.8) is 0 Å². The summed E-state index contributed by atoms with van der Waals surface area (Å²) >= 11 is 1.32. The number of rotatable bonds is 4. The SMILES string of the molecule is CS(=O)(=O)Nc1ccc(-c2csc(N=C(N)N)n2)cc1. The minimum atomic E-state index is -3.27. The molecular formula is C11H13N5O2S2. The fraction of sp³-hybridized carbons (Fsp3) is 0.0909. The standard InChI is InChI=1S/C11H13N5O2S2/c1-20(17,18)16-8-4-2-7(3-5-8)9-6-19-11(14-9)15-10(12)13/h2-6,16H,1H3,(H4,12,13,14,15). The summed E-state index contributed by atoms with van der Waals surface area (Å²) in [5.74, 6) is -0.0430. The lowest BCUT2D eigenvalue weighted by atomic mass is 10.1. The minimum absolute atomic E-state index is 0.0430. The number of thiazole rings is 1. The summed E-state index contributed by atoms with van der Waals surface area (Å²) in [4.78, 5) is 8.12. The topological polar surface area (TPSA) is 123 Å². The number of nitrogens with zero attached hydrogens (tertiary/aromatic N) is 2. The molecule has 2 rings (SSSR count). The van der Waals surface area contributed by atoms with Gasteiger partial charge in [-0.1, -0.05) is 12.1 Å². The van der Waals surface area contributed by atoms with E-state index < -0.39 is 10.0 Å². The summed E-state index contributed by atoms with van der Waals surface area (Å²) in [6.45, 7) is 0. The summed E-state index contributed by atoms with van der Waals surface area (Å²) in [6.07, 6.45) is 1.10. The van der Waals surface area contributed by atoms with Crippen molar-refractivity contribution in [2.45, 2.75) is 0 Å². The van der Waals surface area contributed by atoms with Crippen LogP contribution in [0, 0.1) is 0 Å². The summed E-state index contributed by atoms with van der Waals surface area (Å²) in [5.41, 5.74) is 12.6. The number of anilines is 1. The monoisotopic (exact) mass is 311 g/mol. The molecule has 0 saturated heterocycles. The zero-order valence-electron chi connectivity index (χ0n) is 10.6. The zero-order valence-corrected chi connectivity index (χ0v) is 12.2. The molecule has 0 aliphatic heterocycles. The Hall–Kier alpha value is -2.13. The third-order valence-electron chi connectivity index (χ3n) is 2.20. The molecule has 0 atom stereocenters. The van der Waals surface area contributed by atoms with Crippen molar-refractivity contribution in [2.75, 3.05) is 11.0 Å². The van der Waals surface area contributed by atoms with Crippen LogP contribution in [-0.2, 0) is 10.0 Å². The maximum Gasteiger partial charge on any atom is 0.229 e. The maximum atomic E-state index is 11.1. The molecule has 7 nitrogen and oxygen atoms in total. The molecule has 0 spiro atoms. The highest BCUT2D eigenvalue weighted by Gasteiger charge is 2.06. The lowest BCUT2D eigenvalue weighted by Crippen LogP contribution is -2.21. The van der Waals surface area contributed by atoms with Gasteiger partial charge in [-0.25, -0.2) is 13.4 Å². The molecule has 1 aromatic carbocycles. The van der Waals surface area contributed by atoms with Crippen molar-refractivity contribution in [2.24, 2.45) is 16.5 Å². The summed E-state index contributed by atoms with van der Waals surface area (Å²) < 4.78 is 24.6. The van der Waals surface area contributed by atoms with E-state index in [4.69, 9.17) is 11.5 Å². The predicted octanol–water partition coefficient (Wildman–Crippen LogP) is 1.09. The van der Waals surface area contributed by atoms with Crippen LogP contribution in [0.15, 0.2) is 34.6 Å². The third-order valence-corrected chi connectivity index (χ3v) is 3.54. The highest BCUT2D eigenvalue weighted by atomic mass is 32.2. The first-order valence-electron chi connectivity index (χ1n) is 5.47. The second-order valence-corrected chi connectivity index (χ2v) is 6.59. The summed E-state index contributed by atoms with van der Waals surface area (Å²) in [7, 11) is -3.27. The number of nitrogens with one attached hydrogen (secondary N) is 1. The van der Waals surface area contributed by atoms with Gasteiger partial charge in [-0.3, -0.25) is 4.72 Å². The average molecular weight is 311 g/mol. The highest BCUT2D eigenvalue weighted by Crippen LogP contribution is 2.27. The molecule has 0 saturated carbocycles. The van der Waals surface area contributed by atoms with Crippen LogP contribution in [0.4, 0.5) is 10.8 Å². The quantitative estimate of drug-likeness (QED) is 0.576. The molecule has 9 heteroatoms. The molecular weight excluding hydrogens is 298 g/mol. The number of nitrogens with two attached hydrogens (primary N) is 2. The van der Waals surface area contributed by atoms with Gasteiger partial charge in [0.25, 0.3) is 0 Å². The lowest BCUT2D eigenvalue weighted by Gasteiger charge is -2.04. The number of benzene rings is 1. The van der Waals surface area contributed by atoms with Crippen molar-refractivity contribution in [1.29, 1.82) is 0 Å². The van der Waals surface area contributed by atoms with E-state index in [1.807, 2.05) is 5.38 Å². The number of aliphatic imine (C=N–C) groups is 1. The Morgan fingerprint density at radius 3 is 2.50 bits per heavy atom. The number of guanidine groups is 1. The van der Waals surface area contributed by atoms with Crippen molar-refractivity contribution < 1.29 is 8.42 Å². The van der Waals surface area contributed by atoms with Gasteiger partial charge in [-0.2, -0.15) is 4.99 Å². The second kappa shape index (κ2) is 5.47. The van der Waals surface area contributed by atoms with Crippen LogP contribution in [0.3, 0.4) is 0 Å². The van der Waals surface area contributed by atoms with Crippen LogP contribution in [-0.4, -0.2) is 25.6 Å². The first kappa shape index (κ1) is 14.3. The van der Waals surface area contributed by atoms with Gasteiger partial charge in [0.1, 0.15) is 0 Å². The van der Waals surface area contributed by atoms with E-state index in [2.05, 4.69) is 14.7 Å².